The Morgan fingerprint density at radius 2 is 1.77 bits per heavy atom. The van der Waals surface area contributed by atoms with Gasteiger partial charge >= 0.3 is 0 Å². The number of fused-ring (bicyclic) bond motifs is 1. The van der Waals surface area contributed by atoms with Crippen molar-refractivity contribution in [3.63, 3.8) is 0 Å². The van der Waals surface area contributed by atoms with Gasteiger partial charge < -0.3 is 19.3 Å². The van der Waals surface area contributed by atoms with Gasteiger partial charge in [-0.1, -0.05) is 12.1 Å². The van der Waals surface area contributed by atoms with Crippen LogP contribution in [0.2, 0.25) is 0 Å². The molecule has 0 saturated heterocycles. The zero-order chi connectivity index (χ0) is 15.7. The Labute approximate surface area is 128 Å². The van der Waals surface area contributed by atoms with Gasteiger partial charge in [0.05, 0.1) is 19.8 Å². The van der Waals surface area contributed by atoms with Crippen molar-refractivity contribution in [3.8, 4) is 17.2 Å². The van der Waals surface area contributed by atoms with Gasteiger partial charge in [0.1, 0.15) is 17.2 Å². The molecule has 1 aliphatic heterocycles. The number of benzene rings is 2. The molecule has 22 heavy (non-hydrogen) atoms. The number of carbonyl (C=O) groups is 1. The SMILES string of the molecule is COc1cccc([C@@H]2Oc3ccc(OC)cc3C(=O)[C@@H]2O)c1. The first kappa shape index (κ1) is 14.4. The summed E-state index contributed by atoms with van der Waals surface area (Å²) in [7, 11) is 3.08. The zero-order valence-corrected chi connectivity index (χ0v) is 12.3. The van der Waals surface area contributed by atoms with Crippen LogP contribution in [-0.2, 0) is 0 Å². The molecule has 3 rings (SSSR count). The molecule has 0 amide bonds. The lowest BCUT2D eigenvalue weighted by molar-refractivity contribution is 0.0215. The molecule has 0 radical (unpaired) electrons. The van der Waals surface area contributed by atoms with E-state index in [4.69, 9.17) is 14.2 Å². The van der Waals surface area contributed by atoms with E-state index in [1.807, 2.05) is 0 Å². The first-order valence-corrected chi connectivity index (χ1v) is 6.85. The van der Waals surface area contributed by atoms with E-state index in [1.165, 1.54) is 7.11 Å². The van der Waals surface area contributed by atoms with Crippen LogP contribution in [0.5, 0.6) is 17.2 Å². The number of rotatable bonds is 3. The fourth-order valence-electron chi connectivity index (χ4n) is 2.50. The van der Waals surface area contributed by atoms with Crippen LogP contribution < -0.4 is 14.2 Å². The molecular formula is C17H16O5. The summed E-state index contributed by atoms with van der Waals surface area (Å²) in [6.07, 6.45) is -2.03. The van der Waals surface area contributed by atoms with Gasteiger partial charge in [-0.2, -0.15) is 0 Å². The van der Waals surface area contributed by atoms with E-state index in [0.717, 1.165) is 0 Å². The molecular weight excluding hydrogens is 284 g/mol. The van der Waals surface area contributed by atoms with E-state index < -0.39 is 12.2 Å². The van der Waals surface area contributed by atoms with Crippen molar-refractivity contribution in [2.24, 2.45) is 0 Å². The predicted molar refractivity (Wildman–Crippen MR) is 79.7 cm³/mol. The summed E-state index contributed by atoms with van der Waals surface area (Å²) in [6.45, 7) is 0. The molecule has 0 aliphatic carbocycles. The Morgan fingerprint density at radius 1 is 1.05 bits per heavy atom. The van der Waals surface area contributed by atoms with Crippen LogP contribution in [0.1, 0.15) is 22.0 Å². The van der Waals surface area contributed by atoms with Crippen molar-refractivity contribution in [2.45, 2.75) is 12.2 Å². The highest BCUT2D eigenvalue weighted by Gasteiger charge is 2.37. The number of carbonyl (C=O) groups excluding carboxylic acids is 1. The summed E-state index contributed by atoms with van der Waals surface area (Å²) < 4.78 is 16.1. The lowest BCUT2D eigenvalue weighted by Crippen LogP contribution is -2.36. The number of aliphatic hydroxyl groups is 1. The number of hydrogen-bond acceptors (Lipinski definition) is 5. The average Bonchev–Trinajstić information content (AvgIpc) is 2.57. The normalized spacial score (nSPS) is 20.0. The first-order chi connectivity index (χ1) is 10.6. The summed E-state index contributed by atoms with van der Waals surface area (Å²) in [6, 6.07) is 12.1. The van der Waals surface area contributed by atoms with Crippen molar-refractivity contribution in [3.05, 3.63) is 53.6 Å². The molecule has 0 fully saturated rings. The molecule has 0 aromatic heterocycles. The molecule has 0 saturated carbocycles. The summed E-state index contributed by atoms with van der Waals surface area (Å²) >= 11 is 0. The van der Waals surface area contributed by atoms with Gasteiger partial charge in [-0.25, -0.2) is 0 Å². The van der Waals surface area contributed by atoms with Crippen LogP contribution in [0.4, 0.5) is 0 Å². The Hall–Kier alpha value is -2.53. The first-order valence-electron chi connectivity index (χ1n) is 6.85. The summed E-state index contributed by atoms with van der Waals surface area (Å²) in [5, 5.41) is 10.3. The number of methoxy groups -OCH3 is 2. The maximum Gasteiger partial charge on any atom is 0.199 e. The molecule has 1 heterocycles. The number of Topliss-reactive ketones (excluding diaryl/α,β-unsaturated/α-hetero) is 1. The second-order valence-corrected chi connectivity index (χ2v) is 4.99. The van der Waals surface area contributed by atoms with E-state index >= 15 is 0 Å². The topological polar surface area (TPSA) is 65.0 Å². The van der Waals surface area contributed by atoms with Crippen LogP contribution in [0, 0.1) is 0 Å². The molecule has 0 bridgehead atoms. The quantitative estimate of drug-likeness (QED) is 0.943. The minimum absolute atomic E-state index is 0.325. The minimum atomic E-state index is -1.27. The van der Waals surface area contributed by atoms with Gasteiger partial charge in [0, 0.05) is 0 Å². The minimum Gasteiger partial charge on any atom is -0.497 e. The van der Waals surface area contributed by atoms with Gasteiger partial charge in [-0.3, -0.25) is 4.79 Å². The Bertz CT molecular complexity index is 710. The van der Waals surface area contributed by atoms with Crippen molar-refractivity contribution in [1.82, 2.24) is 0 Å². The molecule has 5 nitrogen and oxygen atoms in total. The fraction of sp³-hybridized carbons (Fsp3) is 0.235. The third-order valence-electron chi connectivity index (χ3n) is 3.68. The van der Waals surface area contributed by atoms with Gasteiger partial charge in [0.15, 0.2) is 18.0 Å². The van der Waals surface area contributed by atoms with Crippen molar-refractivity contribution in [1.29, 1.82) is 0 Å². The van der Waals surface area contributed by atoms with Crippen LogP contribution in [0.15, 0.2) is 42.5 Å². The molecule has 2 aromatic carbocycles. The maximum atomic E-state index is 12.4. The van der Waals surface area contributed by atoms with Gasteiger partial charge in [0.25, 0.3) is 0 Å². The lowest BCUT2D eigenvalue weighted by atomic mass is 9.93. The van der Waals surface area contributed by atoms with Crippen LogP contribution in [-0.4, -0.2) is 31.2 Å². The monoisotopic (exact) mass is 300 g/mol. The van der Waals surface area contributed by atoms with E-state index in [1.54, 1.807) is 49.6 Å². The van der Waals surface area contributed by atoms with E-state index in [9.17, 15) is 9.90 Å². The highest BCUT2D eigenvalue weighted by molar-refractivity contribution is 6.03. The Balaban J connectivity index is 2.00. The third-order valence-corrected chi connectivity index (χ3v) is 3.68. The third kappa shape index (κ3) is 2.40. The standard InChI is InChI=1S/C17H16O5/c1-20-11-5-3-4-10(8-11)17-16(19)15(18)13-9-12(21-2)6-7-14(13)22-17/h3-9,16-17,19H,1-2H3/t16-,17-/m0/s1. The number of aliphatic hydroxyl groups excluding tert-OH is 1. The summed E-state index contributed by atoms with van der Waals surface area (Å²) in [5.74, 6) is 1.24. The van der Waals surface area contributed by atoms with Crippen molar-refractivity contribution < 1.29 is 24.1 Å². The lowest BCUT2D eigenvalue weighted by Gasteiger charge is -2.30. The van der Waals surface area contributed by atoms with Gasteiger partial charge in [0.2, 0.25) is 0 Å². The van der Waals surface area contributed by atoms with Crippen LogP contribution in [0.3, 0.4) is 0 Å². The maximum absolute atomic E-state index is 12.4. The van der Waals surface area contributed by atoms with Crippen molar-refractivity contribution >= 4 is 5.78 Å². The Morgan fingerprint density at radius 3 is 2.50 bits per heavy atom. The average molecular weight is 300 g/mol. The molecule has 2 atom stereocenters. The highest BCUT2D eigenvalue weighted by Crippen LogP contribution is 2.37. The van der Waals surface area contributed by atoms with Crippen LogP contribution >= 0.6 is 0 Å². The van der Waals surface area contributed by atoms with Crippen LogP contribution in [0.25, 0.3) is 0 Å². The number of hydrogen-bond donors (Lipinski definition) is 1. The molecule has 1 aliphatic rings. The molecule has 0 spiro atoms. The van der Waals surface area contributed by atoms with Gasteiger partial charge in [-0.05, 0) is 35.9 Å². The molecule has 114 valence electrons. The second kappa shape index (κ2) is 5.69. The molecule has 5 heteroatoms. The second-order valence-electron chi connectivity index (χ2n) is 4.99. The molecule has 2 aromatic rings. The highest BCUT2D eigenvalue weighted by atomic mass is 16.5. The van der Waals surface area contributed by atoms with Crippen molar-refractivity contribution in [2.75, 3.05) is 14.2 Å². The number of ketones is 1. The van der Waals surface area contributed by atoms with E-state index in [2.05, 4.69) is 0 Å². The fourth-order valence-corrected chi connectivity index (χ4v) is 2.50. The van der Waals surface area contributed by atoms with E-state index in [0.29, 0.717) is 28.4 Å². The Kier molecular flexibility index (Phi) is 3.73. The zero-order valence-electron chi connectivity index (χ0n) is 12.3. The summed E-state index contributed by atoms with van der Waals surface area (Å²) in [4.78, 5) is 12.4. The van der Waals surface area contributed by atoms with E-state index in [-0.39, 0.29) is 5.78 Å². The molecule has 0 unspecified atom stereocenters. The summed E-state index contributed by atoms with van der Waals surface area (Å²) in [5.41, 5.74) is 1.01. The smallest absolute Gasteiger partial charge is 0.199 e. The number of ether oxygens (including phenoxy) is 3. The largest absolute Gasteiger partial charge is 0.497 e. The molecule has 1 N–H and O–H groups in total. The predicted octanol–water partition coefficient (Wildman–Crippen LogP) is 2.38. The van der Waals surface area contributed by atoms with Gasteiger partial charge in [-0.15, -0.1) is 0 Å².